The lowest BCUT2D eigenvalue weighted by Crippen LogP contribution is -2.20. The van der Waals surface area contributed by atoms with Gasteiger partial charge in [-0.3, -0.25) is 9.59 Å². The number of carbonyl (C=O) groups excluding carboxylic acids is 1. The van der Waals surface area contributed by atoms with Crippen LogP contribution in [0.15, 0.2) is 53.5 Å². The van der Waals surface area contributed by atoms with Crippen molar-refractivity contribution in [2.45, 2.75) is 19.4 Å². The molecule has 1 aromatic heterocycles. The molecule has 0 atom stereocenters. The van der Waals surface area contributed by atoms with Crippen molar-refractivity contribution < 1.29 is 14.3 Å². The van der Waals surface area contributed by atoms with Crippen LogP contribution in [0.1, 0.15) is 28.8 Å². The Kier molecular flexibility index (Phi) is 4.44. The zero-order chi connectivity index (χ0) is 19.0. The van der Waals surface area contributed by atoms with Crippen LogP contribution < -0.4 is 14.9 Å². The topological polar surface area (TPSA) is 57.5 Å². The van der Waals surface area contributed by atoms with E-state index in [1.807, 2.05) is 16.7 Å². The molecule has 0 saturated heterocycles. The van der Waals surface area contributed by atoms with Gasteiger partial charge in [-0.15, -0.1) is 0 Å². The molecule has 0 aliphatic heterocycles. The average Bonchev–Trinajstić information content (AvgIpc) is 3.53. The smallest absolute Gasteiger partial charge is 0.200 e. The van der Waals surface area contributed by atoms with Crippen molar-refractivity contribution in [3.63, 3.8) is 0 Å². The molecule has 0 radical (unpaired) electrons. The van der Waals surface area contributed by atoms with Gasteiger partial charge in [0.2, 0.25) is 5.43 Å². The van der Waals surface area contributed by atoms with Crippen LogP contribution in [-0.2, 0) is 6.54 Å². The minimum absolute atomic E-state index is 0.182. The minimum Gasteiger partial charge on any atom is -0.497 e. The zero-order valence-electron chi connectivity index (χ0n) is 15.4. The predicted molar refractivity (Wildman–Crippen MR) is 104 cm³/mol. The number of aromatic nitrogens is 1. The van der Waals surface area contributed by atoms with Crippen LogP contribution >= 0.6 is 0 Å². The summed E-state index contributed by atoms with van der Waals surface area (Å²) in [7, 11) is 3.14. The molecular weight excluding hydrogens is 342 g/mol. The second-order valence-electron chi connectivity index (χ2n) is 6.91. The molecular formula is C22H21NO4. The van der Waals surface area contributed by atoms with Crippen LogP contribution in [0, 0.1) is 5.92 Å². The van der Waals surface area contributed by atoms with Gasteiger partial charge in [-0.2, -0.15) is 0 Å². The first-order valence-corrected chi connectivity index (χ1v) is 9.00. The second-order valence-corrected chi connectivity index (χ2v) is 6.91. The van der Waals surface area contributed by atoms with Crippen LogP contribution in [0.3, 0.4) is 0 Å². The average molecular weight is 363 g/mol. The Balaban J connectivity index is 1.86. The number of carbonyl (C=O) groups is 1. The molecule has 0 unspecified atom stereocenters. The first kappa shape index (κ1) is 17.3. The quantitative estimate of drug-likeness (QED) is 0.627. The van der Waals surface area contributed by atoms with Gasteiger partial charge in [0.25, 0.3) is 0 Å². The summed E-state index contributed by atoms with van der Waals surface area (Å²) in [4.78, 5) is 26.1. The molecule has 5 nitrogen and oxygen atoms in total. The van der Waals surface area contributed by atoms with Crippen LogP contribution in [-0.4, -0.2) is 24.6 Å². The van der Waals surface area contributed by atoms with Gasteiger partial charge in [0.15, 0.2) is 5.78 Å². The van der Waals surface area contributed by atoms with Gasteiger partial charge < -0.3 is 14.0 Å². The van der Waals surface area contributed by atoms with Gasteiger partial charge in [0, 0.05) is 18.3 Å². The molecule has 1 saturated carbocycles. The number of ketones is 1. The minimum atomic E-state index is -0.281. The Morgan fingerprint density at radius 3 is 2.33 bits per heavy atom. The van der Waals surface area contributed by atoms with Gasteiger partial charge in [-0.05, 0) is 61.2 Å². The highest BCUT2D eigenvalue weighted by atomic mass is 16.5. The first-order valence-electron chi connectivity index (χ1n) is 9.00. The lowest BCUT2D eigenvalue weighted by molar-refractivity contribution is 0.103. The Morgan fingerprint density at radius 1 is 1.04 bits per heavy atom. The predicted octanol–water partition coefficient (Wildman–Crippen LogP) is 3.66. The Hall–Kier alpha value is -3.08. The number of benzene rings is 2. The number of ether oxygens (including phenoxy) is 2. The van der Waals surface area contributed by atoms with Crippen molar-refractivity contribution in [2.75, 3.05) is 14.2 Å². The molecule has 1 aliphatic carbocycles. The van der Waals surface area contributed by atoms with Gasteiger partial charge in [-0.1, -0.05) is 0 Å². The molecule has 0 amide bonds. The monoisotopic (exact) mass is 363 g/mol. The summed E-state index contributed by atoms with van der Waals surface area (Å²) in [6.45, 7) is 0.812. The number of methoxy groups -OCH3 is 2. The number of rotatable bonds is 6. The van der Waals surface area contributed by atoms with E-state index in [1.54, 1.807) is 50.7 Å². The molecule has 1 fully saturated rings. The lowest BCUT2D eigenvalue weighted by Gasteiger charge is -2.14. The standard InChI is InChI=1S/C22H21NO4/c1-26-16-7-5-15(6-8-16)21(24)19-13-23(12-14-3-4-14)20-10-9-17(27-2)11-18(20)22(19)25/h5-11,13-14H,3-4,12H2,1-2H3. The normalized spacial score (nSPS) is 13.6. The molecule has 3 aromatic rings. The highest BCUT2D eigenvalue weighted by Crippen LogP contribution is 2.32. The van der Waals surface area contributed by atoms with E-state index in [0.717, 1.165) is 12.1 Å². The maximum absolute atomic E-state index is 13.1. The van der Waals surface area contributed by atoms with Crippen LogP contribution in [0.25, 0.3) is 10.9 Å². The fourth-order valence-electron chi connectivity index (χ4n) is 3.29. The van der Waals surface area contributed by atoms with Crippen LogP contribution in [0.2, 0.25) is 0 Å². The summed E-state index contributed by atoms with van der Waals surface area (Å²) in [5.41, 5.74) is 1.21. The van der Waals surface area contributed by atoms with Crippen molar-refractivity contribution in [3.8, 4) is 11.5 Å². The van der Waals surface area contributed by atoms with E-state index in [-0.39, 0.29) is 16.8 Å². The van der Waals surface area contributed by atoms with E-state index >= 15 is 0 Å². The van der Waals surface area contributed by atoms with Crippen molar-refractivity contribution >= 4 is 16.7 Å². The third-order valence-electron chi connectivity index (χ3n) is 5.04. The SMILES string of the molecule is COc1ccc(C(=O)c2cn(CC3CC3)c3ccc(OC)cc3c2=O)cc1. The summed E-state index contributed by atoms with van der Waals surface area (Å²) in [5.74, 6) is 1.60. The van der Waals surface area contributed by atoms with Gasteiger partial charge in [-0.25, -0.2) is 0 Å². The summed E-state index contributed by atoms with van der Waals surface area (Å²) in [5, 5.41) is 0.509. The van der Waals surface area contributed by atoms with E-state index in [0.29, 0.717) is 28.4 Å². The van der Waals surface area contributed by atoms with E-state index in [9.17, 15) is 9.59 Å². The van der Waals surface area contributed by atoms with Crippen molar-refractivity contribution in [2.24, 2.45) is 5.92 Å². The number of pyridine rings is 1. The Morgan fingerprint density at radius 2 is 1.70 bits per heavy atom. The summed E-state index contributed by atoms with van der Waals surface area (Å²) >= 11 is 0. The lowest BCUT2D eigenvalue weighted by atomic mass is 10.0. The molecule has 0 bridgehead atoms. The maximum Gasteiger partial charge on any atom is 0.200 e. The van der Waals surface area contributed by atoms with E-state index in [1.165, 1.54) is 12.8 Å². The summed E-state index contributed by atoms with van der Waals surface area (Å²) in [6.07, 6.45) is 4.08. The number of hydrogen-bond acceptors (Lipinski definition) is 4. The van der Waals surface area contributed by atoms with E-state index < -0.39 is 0 Å². The van der Waals surface area contributed by atoms with Gasteiger partial charge in [0.1, 0.15) is 11.5 Å². The highest BCUT2D eigenvalue weighted by Gasteiger charge is 2.24. The summed E-state index contributed by atoms with van der Waals surface area (Å²) in [6, 6.07) is 12.3. The number of nitrogens with zero attached hydrogens (tertiary/aromatic N) is 1. The fraction of sp³-hybridized carbons (Fsp3) is 0.273. The van der Waals surface area contributed by atoms with Crippen LogP contribution in [0.4, 0.5) is 0 Å². The molecule has 138 valence electrons. The van der Waals surface area contributed by atoms with E-state index in [2.05, 4.69) is 0 Å². The van der Waals surface area contributed by atoms with E-state index in [4.69, 9.17) is 9.47 Å². The van der Waals surface area contributed by atoms with Crippen molar-refractivity contribution in [1.82, 2.24) is 4.57 Å². The maximum atomic E-state index is 13.1. The first-order chi connectivity index (χ1) is 13.1. The fourth-order valence-corrected chi connectivity index (χ4v) is 3.29. The number of fused-ring (bicyclic) bond motifs is 1. The Labute approximate surface area is 157 Å². The molecule has 2 aromatic carbocycles. The largest absolute Gasteiger partial charge is 0.497 e. The molecule has 1 aliphatic rings. The molecule has 0 spiro atoms. The number of hydrogen-bond donors (Lipinski definition) is 0. The Bertz CT molecular complexity index is 1060. The highest BCUT2D eigenvalue weighted by molar-refractivity contribution is 6.10. The molecule has 4 rings (SSSR count). The third kappa shape index (κ3) is 3.33. The van der Waals surface area contributed by atoms with Gasteiger partial charge in [0.05, 0.1) is 30.7 Å². The molecule has 1 heterocycles. The van der Waals surface area contributed by atoms with Crippen molar-refractivity contribution in [3.05, 3.63) is 70.0 Å². The third-order valence-corrected chi connectivity index (χ3v) is 5.04. The van der Waals surface area contributed by atoms with Gasteiger partial charge >= 0.3 is 0 Å². The zero-order valence-corrected chi connectivity index (χ0v) is 15.4. The molecule has 0 N–H and O–H groups in total. The summed E-state index contributed by atoms with van der Waals surface area (Å²) < 4.78 is 12.4. The second kappa shape index (κ2) is 6.91. The molecule has 27 heavy (non-hydrogen) atoms. The van der Waals surface area contributed by atoms with Crippen molar-refractivity contribution in [1.29, 1.82) is 0 Å². The molecule has 5 heteroatoms. The van der Waals surface area contributed by atoms with Crippen LogP contribution in [0.5, 0.6) is 11.5 Å².